The molecule has 0 bridgehead atoms. The molecule has 1 heterocycles. The third-order valence-corrected chi connectivity index (χ3v) is 2.07. The first-order chi connectivity index (χ1) is 6.61. The SMILES string of the molecule is CSc1nnc(CC(C)NC(C)=O)o1. The van der Waals surface area contributed by atoms with Crippen molar-refractivity contribution in [2.75, 3.05) is 6.26 Å². The number of thioether (sulfide) groups is 1. The molecule has 1 aromatic rings. The van der Waals surface area contributed by atoms with Gasteiger partial charge in [-0.3, -0.25) is 4.79 Å². The fourth-order valence-electron chi connectivity index (χ4n) is 1.06. The third-order valence-electron chi connectivity index (χ3n) is 1.55. The van der Waals surface area contributed by atoms with E-state index >= 15 is 0 Å². The molecule has 0 fully saturated rings. The number of carbonyl (C=O) groups is 1. The van der Waals surface area contributed by atoms with Crippen LogP contribution >= 0.6 is 11.8 Å². The predicted octanol–water partition coefficient (Wildman–Crippen LogP) is 0.859. The maximum Gasteiger partial charge on any atom is 0.276 e. The molecule has 0 saturated carbocycles. The first-order valence-electron chi connectivity index (χ1n) is 4.25. The number of hydrogen-bond acceptors (Lipinski definition) is 5. The molecule has 5 nitrogen and oxygen atoms in total. The molecule has 1 N–H and O–H groups in total. The molecule has 0 radical (unpaired) electrons. The van der Waals surface area contributed by atoms with Crippen molar-refractivity contribution in [1.82, 2.24) is 15.5 Å². The van der Waals surface area contributed by atoms with Crippen LogP contribution in [0.5, 0.6) is 0 Å². The summed E-state index contributed by atoms with van der Waals surface area (Å²) in [5, 5.41) is 10.9. The highest BCUT2D eigenvalue weighted by molar-refractivity contribution is 7.98. The van der Waals surface area contributed by atoms with E-state index in [0.29, 0.717) is 17.5 Å². The summed E-state index contributed by atoms with van der Waals surface area (Å²) in [6.07, 6.45) is 2.43. The summed E-state index contributed by atoms with van der Waals surface area (Å²) in [5.41, 5.74) is 0. The Morgan fingerprint density at radius 1 is 1.64 bits per heavy atom. The van der Waals surface area contributed by atoms with Crippen LogP contribution in [0, 0.1) is 0 Å². The molecule has 0 saturated heterocycles. The van der Waals surface area contributed by atoms with Gasteiger partial charge in [-0.2, -0.15) is 0 Å². The Labute approximate surface area is 86.7 Å². The molecule has 78 valence electrons. The molecule has 1 aromatic heterocycles. The van der Waals surface area contributed by atoms with E-state index in [4.69, 9.17) is 4.42 Å². The van der Waals surface area contributed by atoms with E-state index in [1.54, 1.807) is 0 Å². The number of carbonyl (C=O) groups excluding carboxylic acids is 1. The molecular weight excluding hydrogens is 202 g/mol. The van der Waals surface area contributed by atoms with Gasteiger partial charge in [-0.1, -0.05) is 11.8 Å². The summed E-state index contributed by atoms with van der Waals surface area (Å²) in [5.74, 6) is 0.498. The summed E-state index contributed by atoms with van der Waals surface area (Å²) < 4.78 is 5.27. The number of hydrogen-bond donors (Lipinski definition) is 1. The van der Waals surface area contributed by atoms with Gasteiger partial charge in [0.05, 0.1) is 0 Å². The Morgan fingerprint density at radius 2 is 2.36 bits per heavy atom. The zero-order valence-corrected chi connectivity index (χ0v) is 9.22. The zero-order valence-electron chi connectivity index (χ0n) is 8.40. The van der Waals surface area contributed by atoms with Gasteiger partial charge in [0.1, 0.15) is 0 Å². The van der Waals surface area contributed by atoms with Crippen molar-refractivity contribution < 1.29 is 9.21 Å². The minimum atomic E-state index is -0.0536. The lowest BCUT2D eigenvalue weighted by Crippen LogP contribution is -2.32. The second-order valence-electron chi connectivity index (χ2n) is 2.97. The molecule has 0 aromatic carbocycles. The average Bonchev–Trinajstić information content (AvgIpc) is 2.50. The molecule has 0 aliphatic carbocycles. The highest BCUT2D eigenvalue weighted by atomic mass is 32.2. The number of nitrogens with zero attached hydrogens (tertiary/aromatic N) is 2. The zero-order chi connectivity index (χ0) is 10.6. The number of amides is 1. The van der Waals surface area contributed by atoms with Gasteiger partial charge in [-0.25, -0.2) is 0 Å². The minimum absolute atomic E-state index is 0.0163. The van der Waals surface area contributed by atoms with Crippen LogP contribution in [0.25, 0.3) is 0 Å². The van der Waals surface area contributed by atoms with Crippen LogP contribution in [0.2, 0.25) is 0 Å². The van der Waals surface area contributed by atoms with E-state index in [0.717, 1.165) is 0 Å². The van der Waals surface area contributed by atoms with Gasteiger partial charge < -0.3 is 9.73 Å². The maximum absolute atomic E-state index is 10.7. The van der Waals surface area contributed by atoms with E-state index in [1.165, 1.54) is 18.7 Å². The van der Waals surface area contributed by atoms with Gasteiger partial charge in [0.25, 0.3) is 5.22 Å². The lowest BCUT2D eigenvalue weighted by Gasteiger charge is -2.08. The van der Waals surface area contributed by atoms with E-state index in [9.17, 15) is 4.79 Å². The second kappa shape index (κ2) is 4.99. The highest BCUT2D eigenvalue weighted by Crippen LogP contribution is 2.12. The predicted molar refractivity (Wildman–Crippen MR) is 53.1 cm³/mol. The molecule has 1 rings (SSSR count). The fraction of sp³-hybridized carbons (Fsp3) is 0.625. The third kappa shape index (κ3) is 3.37. The van der Waals surface area contributed by atoms with Crippen LogP contribution in [-0.4, -0.2) is 28.4 Å². The first kappa shape index (κ1) is 11.0. The summed E-state index contributed by atoms with van der Waals surface area (Å²) in [7, 11) is 0. The minimum Gasteiger partial charge on any atom is -0.416 e. The first-order valence-corrected chi connectivity index (χ1v) is 5.47. The van der Waals surface area contributed by atoms with Crippen molar-refractivity contribution >= 4 is 17.7 Å². The van der Waals surface area contributed by atoms with Crippen LogP contribution < -0.4 is 5.32 Å². The smallest absolute Gasteiger partial charge is 0.276 e. The van der Waals surface area contributed by atoms with Gasteiger partial charge in [0.2, 0.25) is 11.8 Å². The molecular formula is C8H13N3O2S. The van der Waals surface area contributed by atoms with Crippen molar-refractivity contribution in [2.24, 2.45) is 0 Å². The van der Waals surface area contributed by atoms with Crippen LogP contribution in [0.4, 0.5) is 0 Å². The van der Waals surface area contributed by atoms with E-state index in [-0.39, 0.29) is 11.9 Å². The Kier molecular flexibility index (Phi) is 3.94. The molecule has 1 unspecified atom stereocenters. The lowest BCUT2D eigenvalue weighted by atomic mass is 10.2. The molecule has 0 spiro atoms. The van der Waals surface area contributed by atoms with Crippen molar-refractivity contribution in [3.8, 4) is 0 Å². The molecule has 1 amide bonds. The van der Waals surface area contributed by atoms with Gasteiger partial charge >= 0.3 is 0 Å². The summed E-state index contributed by atoms with van der Waals surface area (Å²) >= 11 is 1.40. The highest BCUT2D eigenvalue weighted by Gasteiger charge is 2.10. The number of rotatable bonds is 4. The van der Waals surface area contributed by atoms with Crippen molar-refractivity contribution in [3.63, 3.8) is 0 Å². The summed E-state index contributed by atoms with van der Waals surface area (Å²) in [4.78, 5) is 10.7. The molecule has 14 heavy (non-hydrogen) atoms. The van der Waals surface area contributed by atoms with Gasteiger partial charge in [0, 0.05) is 19.4 Å². The fourth-order valence-corrected chi connectivity index (χ4v) is 1.37. The van der Waals surface area contributed by atoms with Crippen molar-refractivity contribution in [2.45, 2.75) is 31.5 Å². The van der Waals surface area contributed by atoms with E-state index in [2.05, 4.69) is 15.5 Å². The Morgan fingerprint density at radius 3 is 2.86 bits per heavy atom. The Bertz CT molecular complexity index is 313. The van der Waals surface area contributed by atoms with Crippen molar-refractivity contribution in [1.29, 1.82) is 0 Å². The normalized spacial score (nSPS) is 12.5. The number of nitrogens with one attached hydrogen (secondary N) is 1. The average molecular weight is 215 g/mol. The van der Waals surface area contributed by atoms with Gasteiger partial charge in [0.15, 0.2) is 0 Å². The Hall–Kier alpha value is -1.04. The van der Waals surface area contributed by atoms with Crippen LogP contribution in [-0.2, 0) is 11.2 Å². The van der Waals surface area contributed by atoms with Crippen LogP contribution in [0.15, 0.2) is 9.64 Å². The monoisotopic (exact) mass is 215 g/mol. The van der Waals surface area contributed by atoms with Gasteiger partial charge in [-0.05, 0) is 13.2 Å². The topological polar surface area (TPSA) is 68.0 Å². The van der Waals surface area contributed by atoms with E-state index in [1.807, 2.05) is 13.2 Å². The Balaban J connectivity index is 2.47. The van der Waals surface area contributed by atoms with Crippen LogP contribution in [0.1, 0.15) is 19.7 Å². The van der Waals surface area contributed by atoms with Gasteiger partial charge in [-0.15, -0.1) is 10.2 Å². The van der Waals surface area contributed by atoms with Crippen molar-refractivity contribution in [3.05, 3.63) is 5.89 Å². The van der Waals surface area contributed by atoms with Crippen LogP contribution in [0.3, 0.4) is 0 Å². The molecule has 0 aliphatic rings. The largest absolute Gasteiger partial charge is 0.416 e. The lowest BCUT2D eigenvalue weighted by molar-refractivity contribution is -0.119. The summed E-state index contributed by atoms with van der Waals surface area (Å²) in [6, 6.07) is 0.0163. The molecule has 1 atom stereocenters. The van der Waals surface area contributed by atoms with E-state index < -0.39 is 0 Å². The maximum atomic E-state index is 10.7. The molecule has 0 aliphatic heterocycles. The summed E-state index contributed by atoms with van der Waals surface area (Å²) in [6.45, 7) is 3.38. The second-order valence-corrected chi connectivity index (χ2v) is 3.73. The molecule has 6 heteroatoms. The quantitative estimate of drug-likeness (QED) is 0.754. The standard InChI is InChI=1S/C8H13N3O2S/c1-5(9-6(2)12)4-7-10-11-8(13-7)14-3/h5H,4H2,1-3H3,(H,9,12). The number of aromatic nitrogens is 2.